The van der Waals surface area contributed by atoms with E-state index in [-0.39, 0.29) is 0 Å². The summed E-state index contributed by atoms with van der Waals surface area (Å²) in [6.45, 7) is 0.914. The van der Waals surface area contributed by atoms with Crippen molar-refractivity contribution in [1.82, 2.24) is 4.98 Å². The lowest BCUT2D eigenvalue weighted by Gasteiger charge is -2.05. The van der Waals surface area contributed by atoms with Crippen LogP contribution in [0.25, 0.3) is 0 Å². The van der Waals surface area contributed by atoms with E-state index in [1.54, 1.807) is 0 Å². The first kappa shape index (κ1) is 11.4. The normalized spacial score (nSPS) is 10.1. The summed E-state index contributed by atoms with van der Waals surface area (Å²) in [6.07, 6.45) is 2.78. The zero-order valence-electron chi connectivity index (χ0n) is 8.86. The molecule has 82 valence electrons. The molecule has 0 aliphatic carbocycles. The van der Waals surface area contributed by atoms with Crippen LogP contribution in [0, 0.1) is 3.57 Å². The number of rotatable bonds is 4. The second kappa shape index (κ2) is 5.84. The Morgan fingerprint density at radius 2 is 1.88 bits per heavy atom. The summed E-state index contributed by atoms with van der Waals surface area (Å²) in [5.41, 5.74) is 2.29. The molecule has 2 nitrogen and oxygen atoms in total. The van der Waals surface area contributed by atoms with E-state index in [9.17, 15) is 0 Å². The van der Waals surface area contributed by atoms with E-state index >= 15 is 0 Å². The van der Waals surface area contributed by atoms with Crippen LogP contribution < -0.4 is 5.32 Å². The van der Waals surface area contributed by atoms with Crippen molar-refractivity contribution in [3.63, 3.8) is 0 Å². The van der Waals surface area contributed by atoms with Crippen molar-refractivity contribution in [2.45, 2.75) is 6.42 Å². The number of nitrogens with one attached hydrogen (secondary N) is 1. The molecule has 1 heterocycles. The fourth-order valence-corrected chi connectivity index (χ4v) is 1.81. The van der Waals surface area contributed by atoms with Gasteiger partial charge in [-0.25, -0.2) is 0 Å². The first-order valence-electron chi connectivity index (χ1n) is 5.24. The Labute approximate surface area is 109 Å². The van der Waals surface area contributed by atoms with E-state index in [0.717, 1.165) is 24.3 Å². The lowest BCUT2D eigenvalue weighted by molar-refractivity contribution is 0.961. The molecule has 0 radical (unpaired) electrons. The van der Waals surface area contributed by atoms with E-state index in [1.165, 1.54) is 3.57 Å². The Bertz CT molecular complexity index is 425. The van der Waals surface area contributed by atoms with Crippen LogP contribution >= 0.6 is 22.6 Å². The van der Waals surface area contributed by atoms with Crippen LogP contribution in [-0.2, 0) is 6.42 Å². The van der Waals surface area contributed by atoms with E-state index in [0.29, 0.717) is 0 Å². The summed E-state index contributed by atoms with van der Waals surface area (Å²) in [5.74, 6) is 0. The molecule has 0 unspecified atom stereocenters. The topological polar surface area (TPSA) is 24.9 Å². The third kappa shape index (κ3) is 3.48. The molecular weight excluding hydrogens is 311 g/mol. The maximum atomic E-state index is 4.28. The number of halogens is 1. The highest BCUT2D eigenvalue weighted by Gasteiger charge is 1.94. The molecule has 2 aromatic rings. The van der Waals surface area contributed by atoms with Gasteiger partial charge in [0.1, 0.15) is 0 Å². The van der Waals surface area contributed by atoms with Crippen molar-refractivity contribution in [3.05, 3.63) is 57.9 Å². The average Bonchev–Trinajstić information content (AvgIpc) is 2.33. The standard InChI is InChI=1S/C13H13IN2/c14-11-4-6-13(7-5-11)16-10-8-12-3-1-2-9-15-12/h1-7,9,16H,8,10H2. The van der Waals surface area contributed by atoms with E-state index in [2.05, 4.69) is 63.2 Å². The molecule has 0 aliphatic rings. The molecule has 2 rings (SSSR count). The van der Waals surface area contributed by atoms with Crippen LogP contribution in [-0.4, -0.2) is 11.5 Å². The highest BCUT2D eigenvalue weighted by atomic mass is 127. The highest BCUT2D eigenvalue weighted by molar-refractivity contribution is 14.1. The molecule has 0 fully saturated rings. The van der Waals surface area contributed by atoms with Gasteiger partial charge in [-0.15, -0.1) is 0 Å². The van der Waals surface area contributed by atoms with Crippen molar-refractivity contribution in [1.29, 1.82) is 0 Å². The third-order valence-electron chi connectivity index (χ3n) is 2.28. The van der Waals surface area contributed by atoms with Crippen molar-refractivity contribution < 1.29 is 0 Å². The van der Waals surface area contributed by atoms with Crippen LogP contribution in [0.1, 0.15) is 5.69 Å². The molecule has 0 bridgehead atoms. The Morgan fingerprint density at radius 1 is 1.06 bits per heavy atom. The molecule has 3 heteroatoms. The monoisotopic (exact) mass is 324 g/mol. The van der Waals surface area contributed by atoms with Gasteiger partial charge in [-0.2, -0.15) is 0 Å². The van der Waals surface area contributed by atoms with E-state index in [1.807, 2.05) is 18.3 Å². The molecule has 16 heavy (non-hydrogen) atoms. The minimum Gasteiger partial charge on any atom is -0.385 e. The number of benzene rings is 1. The fourth-order valence-electron chi connectivity index (χ4n) is 1.45. The lowest BCUT2D eigenvalue weighted by Crippen LogP contribution is -2.05. The van der Waals surface area contributed by atoms with Gasteiger partial charge in [0.25, 0.3) is 0 Å². The van der Waals surface area contributed by atoms with Crippen molar-refractivity contribution in [2.75, 3.05) is 11.9 Å². The second-order valence-electron chi connectivity index (χ2n) is 3.50. The van der Waals surface area contributed by atoms with Gasteiger partial charge in [0.15, 0.2) is 0 Å². The predicted octanol–water partition coefficient (Wildman–Crippen LogP) is 3.34. The molecule has 0 atom stereocenters. The van der Waals surface area contributed by atoms with Crippen LogP contribution in [0.4, 0.5) is 5.69 Å². The molecule has 0 spiro atoms. The maximum absolute atomic E-state index is 4.28. The minimum atomic E-state index is 0.914. The Morgan fingerprint density at radius 3 is 2.56 bits per heavy atom. The zero-order chi connectivity index (χ0) is 11.2. The predicted molar refractivity (Wildman–Crippen MR) is 75.6 cm³/mol. The first-order valence-corrected chi connectivity index (χ1v) is 6.32. The van der Waals surface area contributed by atoms with Crippen LogP contribution in [0.5, 0.6) is 0 Å². The molecule has 0 saturated carbocycles. The second-order valence-corrected chi connectivity index (χ2v) is 4.75. The number of hydrogen-bond acceptors (Lipinski definition) is 2. The molecule has 0 amide bonds. The SMILES string of the molecule is Ic1ccc(NCCc2ccccn2)cc1. The Kier molecular flexibility index (Phi) is 4.16. The van der Waals surface area contributed by atoms with E-state index < -0.39 is 0 Å². The van der Waals surface area contributed by atoms with Gasteiger partial charge in [-0.05, 0) is 59.0 Å². The minimum absolute atomic E-state index is 0.914. The van der Waals surface area contributed by atoms with Gasteiger partial charge in [0.05, 0.1) is 0 Å². The number of anilines is 1. The molecule has 0 aliphatic heterocycles. The van der Waals surface area contributed by atoms with Crippen molar-refractivity contribution in [3.8, 4) is 0 Å². The van der Waals surface area contributed by atoms with Gasteiger partial charge in [0.2, 0.25) is 0 Å². The number of nitrogens with zero attached hydrogens (tertiary/aromatic N) is 1. The molecule has 0 saturated heterocycles. The van der Waals surface area contributed by atoms with Gasteiger partial charge in [-0.3, -0.25) is 4.98 Å². The number of hydrogen-bond donors (Lipinski definition) is 1. The molecule has 1 aromatic carbocycles. The number of pyridine rings is 1. The molecule has 1 aromatic heterocycles. The van der Waals surface area contributed by atoms with Crippen LogP contribution in [0.15, 0.2) is 48.7 Å². The summed E-state index contributed by atoms with van der Waals surface area (Å²) in [4.78, 5) is 4.28. The maximum Gasteiger partial charge on any atom is 0.0421 e. The van der Waals surface area contributed by atoms with Crippen LogP contribution in [0.3, 0.4) is 0 Å². The quantitative estimate of drug-likeness (QED) is 0.873. The average molecular weight is 324 g/mol. The van der Waals surface area contributed by atoms with Gasteiger partial charge in [0, 0.05) is 34.1 Å². The fraction of sp³-hybridized carbons (Fsp3) is 0.154. The van der Waals surface area contributed by atoms with Gasteiger partial charge < -0.3 is 5.32 Å². The van der Waals surface area contributed by atoms with E-state index in [4.69, 9.17) is 0 Å². The summed E-state index contributed by atoms with van der Waals surface area (Å²) in [5, 5.41) is 3.38. The molecular formula is C13H13IN2. The largest absolute Gasteiger partial charge is 0.385 e. The summed E-state index contributed by atoms with van der Waals surface area (Å²) in [6, 6.07) is 14.4. The molecule has 1 N–H and O–H groups in total. The third-order valence-corrected chi connectivity index (χ3v) is 3.00. The zero-order valence-corrected chi connectivity index (χ0v) is 11.0. The van der Waals surface area contributed by atoms with Crippen LogP contribution in [0.2, 0.25) is 0 Å². The van der Waals surface area contributed by atoms with Gasteiger partial charge in [-0.1, -0.05) is 6.07 Å². The first-order chi connectivity index (χ1) is 7.84. The Balaban J connectivity index is 1.82. The Hall–Kier alpha value is -1.10. The van der Waals surface area contributed by atoms with Crippen molar-refractivity contribution >= 4 is 28.3 Å². The van der Waals surface area contributed by atoms with Crippen molar-refractivity contribution in [2.24, 2.45) is 0 Å². The summed E-state index contributed by atoms with van der Waals surface area (Å²) in [7, 11) is 0. The lowest BCUT2D eigenvalue weighted by atomic mass is 10.2. The van der Waals surface area contributed by atoms with Gasteiger partial charge >= 0.3 is 0 Å². The smallest absolute Gasteiger partial charge is 0.0421 e. The highest BCUT2D eigenvalue weighted by Crippen LogP contribution is 2.10. The summed E-state index contributed by atoms with van der Waals surface area (Å²) < 4.78 is 1.26. The number of aromatic nitrogens is 1. The summed E-state index contributed by atoms with van der Waals surface area (Å²) >= 11 is 2.31.